The third kappa shape index (κ3) is 2.92. The van der Waals surface area contributed by atoms with Gasteiger partial charge < -0.3 is 5.11 Å². The average molecular weight is 328 g/mol. The average Bonchev–Trinajstić information content (AvgIpc) is 2.53. The highest BCUT2D eigenvalue weighted by molar-refractivity contribution is 7.89. The molecule has 3 N–H and O–H groups in total. The van der Waals surface area contributed by atoms with Gasteiger partial charge in [-0.15, -0.1) is 0 Å². The van der Waals surface area contributed by atoms with Crippen LogP contribution in [0.4, 0.5) is 0 Å². The van der Waals surface area contributed by atoms with Crippen LogP contribution >= 0.6 is 0 Å². The maximum absolute atomic E-state index is 11.5. The van der Waals surface area contributed by atoms with E-state index in [1.165, 1.54) is 18.2 Å². The lowest BCUT2D eigenvalue weighted by molar-refractivity contribution is 0.0699. The Labute approximate surface area is 132 Å². The summed E-state index contributed by atoms with van der Waals surface area (Å²) >= 11 is 0. The Kier molecular flexibility index (Phi) is 3.59. The van der Waals surface area contributed by atoms with Crippen molar-refractivity contribution in [1.82, 2.24) is 4.98 Å². The minimum Gasteiger partial charge on any atom is -0.478 e. The van der Waals surface area contributed by atoms with Gasteiger partial charge in [-0.25, -0.2) is 23.3 Å². The first kappa shape index (κ1) is 15.1. The number of aromatic carboxylic acids is 1. The van der Waals surface area contributed by atoms with Gasteiger partial charge in [0.25, 0.3) is 0 Å². The quantitative estimate of drug-likeness (QED) is 0.766. The van der Waals surface area contributed by atoms with E-state index in [2.05, 4.69) is 4.98 Å². The Balaban J connectivity index is 2.18. The number of para-hydroxylation sites is 1. The van der Waals surface area contributed by atoms with E-state index in [-0.39, 0.29) is 10.5 Å². The highest BCUT2D eigenvalue weighted by atomic mass is 32.2. The van der Waals surface area contributed by atoms with Gasteiger partial charge in [-0.1, -0.05) is 30.3 Å². The van der Waals surface area contributed by atoms with Gasteiger partial charge in [0.05, 0.1) is 21.7 Å². The second-order valence-corrected chi connectivity index (χ2v) is 6.51. The Morgan fingerprint density at radius 2 is 1.70 bits per heavy atom. The van der Waals surface area contributed by atoms with Crippen LogP contribution in [-0.4, -0.2) is 24.5 Å². The number of nitrogens with zero attached hydrogens (tertiary/aromatic N) is 1. The van der Waals surface area contributed by atoms with Crippen LogP contribution in [0.3, 0.4) is 0 Å². The molecular weight excluding hydrogens is 316 g/mol. The predicted molar refractivity (Wildman–Crippen MR) is 85.5 cm³/mol. The zero-order chi connectivity index (χ0) is 16.6. The lowest BCUT2D eigenvalue weighted by atomic mass is 10.0. The maximum Gasteiger partial charge on any atom is 0.336 e. The van der Waals surface area contributed by atoms with E-state index in [1.54, 1.807) is 36.4 Å². The van der Waals surface area contributed by atoms with Gasteiger partial charge in [0.15, 0.2) is 0 Å². The monoisotopic (exact) mass is 328 g/mol. The van der Waals surface area contributed by atoms with Crippen LogP contribution in [-0.2, 0) is 10.0 Å². The molecule has 0 unspecified atom stereocenters. The molecular formula is C16H12N2O4S. The van der Waals surface area contributed by atoms with E-state index in [9.17, 15) is 18.3 Å². The first-order chi connectivity index (χ1) is 10.9. The van der Waals surface area contributed by atoms with Gasteiger partial charge >= 0.3 is 5.97 Å². The van der Waals surface area contributed by atoms with E-state index in [0.717, 1.165) is 0 Å². The molecule has 0 saturated heterocycles. The summed E-state index contributed by atoms with van der Waals surface area (Å²) in [6.07, 6.45) is 0. The molecule has 0 atom stereocenters. The molecule has 3 aromatic rings. The van der Waals surface area contributed by atoms with E-state index in [4.69, 9.17) is 5.14 Å². The molecule has 3 rings (SSSR count). The Bertz CT molecular complexity index is 1010. The third-order valence-corrected chi connectivity index (χ3v) is 4.35. The summed E-state index contributed by atoms with van der Waals surface area (Å²) in [4.78, 5) is 15.9. The van der Waals surface area contributed by atoms with Gasteiger partial charge in [-0.2, -0.15) is 0 Å². The number of pyridine rings is 1. The number of sulfonamides is 1. The summed E-state index contributed by atoms with van der Waals surface area (Å²) in [7, 11) is -3.77. The van der Waals surface area contributed by atoms with Crippen LogP contribution in [0.5, 0.6) is 0 Å². The minimum absolute atomic E-state index is 0.0134. The van der Waals surface area contributed by atoms with Crippen molar-refractivity contribution in [3.05, 3.63) is 60.2 Å². The fourth-order valence-electron chi connectivity index (χ4n) is 2.32. The fraction of sp³-hybridized carbons (Fsp3) is 0. The molecule has 0 fully saturated rings. The Morgan fingerprint density at radius 1 is 1.04 bits per heavy atom. The molecule has 0 bridgehead atoms. The number of nitrogens with two attached hydrogens (primary N) is 1. The van der Waals surface area contributed by atoms with Crippen molar-refractivity contribution in [2.24, 2.45) is 5.14 Å². The van der Waals surface area contributed by atoms with E-state index in [1.807, 2.05) is 0 Å². The third-order valence-electron chi connectivity index (χ3n) is 3.43. The number of aromatic nitrogens is 1. The number of carbonyl (C=O) groups is 1. The SMILES string of the molecule is NS(=O)(=O)c1ccc(-c2cc(C(=O)O)c3ccccc3n2)cc1. The summed E-state index contributed by atoms with van der Waals surface area (Å²) in [5.74, 6) is -1.05. The molecule has 0 amide bonds. The largest absolute Gasteiger partial charge is 0.478 e. The second kappa shape index (κ2) is 5.45. The van der Waals surface area contributed by atoms with Crippen molar-refractivity contribution in [3.63, 3.8) is 0 Å². The van der Waals surface area contributed by atoms with Crippen LogP contribution in [0.25, 0.3) is 22.2 Å². The molecule has 116 valence electrons. The topological polar surface area (TPSA) is 110 Å². The Morgan fingerprint density at radius 3 is 2.30 bits per heavy atom. The molecule has 1 aromatic heterocycles. The van der Waals surface area contributed by atoms with Crippen LogP contribution in [0.1, 0.15) is 10.4 Å². The molecule has 0 spiro atoms. The highest BCUT2D eigenvalue weighted by Crippen LogP contribution is 2.25. The zero-order valence-corrected chi connectivity index (χ0v) is 12.6. The lowest BCUT2D eigenvalue weighted by Crippen LogP contribution is -2.11. The lowest BCUT2D eigenvalue weighted by Gasteiger charge is -2.07. The van der Waals surface area contributed by atoms with Gasteiger partial charge in [0.2, 0.25) is 10.0 Å². The van der Waals surface area contributed by atoms with E-state index < -0.39 is 16.0 Å². The van der Waals surface area contributed by atoms with E-state index >= 15 is 0 Å². The van der Waals surface area contributed by atoms with Crippen molar-refractivity contribution >= 4 is 26.9 Å². The van der Waals surface area contributed by atoms with Gasteiger partial charge in [-0.3, -0.25) is 0 Å². The summed E-state index contributed by atoms with van der Waals surface area (Å²) < 4.78 is 22.6. The first-order valence-electron chi connectivity index (χ1n) is 6.62. The molecule has 6 nitrogen and oxygen atoms in total. The fourth-order valence-corrected chi connectivity index (χ4v) is 2.83. The number of benzene rings is 2. The standard InChI is InChI=1S/C16H12N2O4S/c17-23(21,22)11-7-5-10(6-8-11)15-9-13(16(19)20)12-3-1-2-4-14(12)18-15/h1-9H,(H,19,20)(H2,17,21,22). The number of hydrogen-bond acceptors (Lipinski definition) is 4. The van der Waals surface area contributed by atoms with Crippen molar-refractivity contribution in [2.75, 3.05) is 0 Å². The van der Waals surface area contributed by atoms with Crippen LogP contribution in [0, 0.1) is 0 Å². The van der Waals surface area contributed by atoms with Gasteiger partial charge in [0, 0.05) is 10.9 Å². The maximum atomic E-state index is 11.5. The molecule has 0 aliphatic heterocycles. The molecule has 2 aromatic carbocycles. The Hall–Kier alpha value is -2.77. The van der Waals surface area contributed by atoms with Gasteiger partial charge in [-0.05, 0) is 24.3 Å². The second-order valence-electron chi connectivity index (χ2n) is 4.95. The minimum atomic E-state index is -3.77. The molecule has 0 aliphatic rings. The van der Waals surface area contributed by atoms with Crippen molar-refractivity contribution < 1.29 is 18.3 Å². The number of primary sulfonamides is 1. The van der Waals surface area contributed by atoms with Crippen LogP contribution < -0.4 is 5.14 Å². The summed E-state index contributed by atoms with van der Waals surface area (Å²) in [6.45, 7) is 0. The summed E-state index contributed by atoms with van der Waals surface area (Å²) in [6, 6.07) is 14.2. The normalized spacial score (nSPS) is 11.5. The smallest absolute Gasteiger partial charge is 0.336 e. The van der Waals surface area contributed by atoms with Crippen molar-refractivity contribution in [1.29, 1.82) is 0 Å². The molecule has 1 heterocycles. The molecule has 7 heteroatoms. The van der Waals surface area contributed by atoms with Crippen molar-refractivity contribution in [3.8, 4) is 11.3 Å². The number of fused-ring (bicyclic) bond motifs is 1. The number of rotatable bonds is 3. The molecule has 23 heavy (non-hydrogen) atoms. The number of carboxylic acids is 1. The number of hydrogen-bond donors (Lipinski definition) is 2. The highest BCUT2D eigenvalue weighted by Gasteiger charge is 2.13. The van der Waals surface area contributed by atoms with E-state index in [0.29, 0.717) is 22.2 Å². The first-order valence-corrected chi connectivity index (χ1v) is 8.17. The number of carboxylic acid groups (broad SMARTS) is 1. The zero-order valence-electron chi connectivity index (χ0n) is 11.8. The van der Waals surface area contributed by atoms with Crippen LogP contribution in [0.15, 0.2) is 59.5 Å². The molecule has 0 aliphatic carbocycles. The van der Waals surface area contributed by atoms with Gasteiger partial charge in [0.1, 0.15) is 0 Å². The van der Waals surface area contributed by atoms with Crippen molar-refractivity contribution in [2.45, 2.75) is 4.90 Å². The summed E-state index contributed by atoms with van der Waals surface area (Å²) in [5, 5.41) is 15.0. The molecule has 0 radical (unpaired) electrons. The van der Waals surface area contributed by atoms with Crippen LogP contribution in [0.2, 0.25) is 0 Å². The molecule has 0 saturated carbocycles. The summed E-state index contributed by atoms with van der Waals surface area (Å²) in [5.41, 5.74) is 1.74. The predicted octanol–water partition coefficient (Wildman–Crippen LogP) is 2.25.